The van der Waals surface area contributed by atoms with Crippen LogP contribution in [0, 0.1) is 0 Å². The lowest BCUT2D eigenvalue weighted by Crippen LogP contribution is -2.47. The molecule has 7 heteroatoms. The zero-order valence-electron chi connectivity index (χ0n) is 19.9. The Balaban J connectivity index is 1.90. The van der Waals surface area contributed by atoms with Gasteiger partial charge in [0.2, 0.25) is 5.91 Å². The number of rotatable bonds is 10. The maximum atomic E-state index is 13.4. The molecule has 3 aromatic rings. The van der Waals surface area contributed by atoms with E-state index in [1.165, 1.54) is 12.1 Å². The minimum absolute atomic E-state index is 0.0388. The van der Waals surface area contributed by atoms with Crippen LogP contribution in [-0.4, -0.2) is 14.3 Å². The Morgan fingerprint density at radius 2 is 1.59 bits per heavy atom. The first kappa shape index (κ1) is 25.3. The van der Waals surface area contributed by atoms with Gasteiger partial charge in [0.1, 0.15) is 0 Å². The number of benzene rings is 3. The predicted molar refractivity (Wildman–Crippen MR) is 138 cm³/mol. The van der Waals surface area contributed by atoms with Gasteiger partial charge in [-0.05, 0) is 60.7 Å². The summed E-state index contributed by atoms with van der Waals surface area (Å²) in [4.78, 5) is 13.5. The maximum Gasteiger partial charge on any atom is 0.261 e. The van der Waals surface area contributed by atoms with E-state index >= 15 is 0 Å². The molecular formula is C27H33N3O3S. The van der Waals surface area contributed by atoms with Crippen LogP contribution in [0.25, 0.3) is 0 Å². The summed E-state index contributed by atoms with van der Waals surface area (Å²) in [7, 11) is -3.81. The number of nitrogens with two attached hydrogens (primary N) is 1. The van der Waals surface area contributed by atoms with Crippen molar-refractivity contribution in [1.82, 2.24) is 5.32 Å². The number of carbonyl (C=O) groups excluding carboxylic acids is 1. The van der Waals surface area contributed by atoms with Gasteiger partial charge in [-0.3, -0.25) is 9.52 Å². The van der Waals surface area contributed by atoms with Crippen molar-refractivity contribution < 1.29 is 13.2 Å². The summed E-state index contributed by atoms with van der Waals surface area (Å²) in [5.74, 6) is -0.299. The average Bonchev–Trinajstić information content (AvgIpc) is 2.83. The van der Waals surface area contributed by atoms with Gasteiger partial charge in [0.25, 0.3) is 10.0 Å². The Bertz CT molecular complexity index is 1220. The lowest BCUT2D eigenvalue weighted by molar-refractivity contribution is -0.124. The summed E-state index contributed by atoms with van der Waals surface area (Å²) >= 11 is 0. The van der Waals surface area contributed by atoms with Crippen molar-refractivity contribution in [3.8, 4) is 0 Å². The highest BCUT2D eigenvalue weighted by Gasteiger charge is 2.33. The molecule has 0 spiro atoms. The minimum atomic E-state index is -3.81. The molecule has 0 aliphatic rings. The number of amides is 1. The van der Waals surface area contributed by atoms with Crippen molar-refractivity contribution in [3.05, 3.63) is 90.0 Å². The Morgan fingerprint density at radius 1 is 0.912 bits per heavy atom. The van der Waals surface area contributed by atoms with Crippen LogP contribution in [0.3, 0.4) is 0 Å². The molecule has 0 radical (unpaired) electrons. The smallest absolute Gasteiger partial charge is 0.261 e. The summed E-state index contributed by atoms with van der Waals surface area (Å²) in [6.45, 7) is 6.05. The standard InChI is InChI=1S/C27H33N3O3S/c1-4-25(20-12-8-7-9-13-20)26(31)29-27(5-2,6-3)21-14-10-16-23(18-21)30-34(32,33)24-17-11-15-22(28)19-24/h7-19,25,30H,4-6,28H2,1-3H3,(H,29,31). The summed E-state index contributed by atoms with van der Waals surface area (Å²) in [6.07, 6.45) is 2.00. The number of anilines is 2. The second kappa shape index (κ2) is 10.7. The van der Waals surface area contributed by atoms with E-state index in [0.717, 1.165) is 11.1 Å². The molecular weight excluding hydrogens is 446 g/mol. The van der Waals surface area contributed by atoms with E-state index in [-0.39, 0.29) is 16.7 Å². The molecule has 3 aromatic carbocycles. The highest BCUT2D eigenvalue weighted by molar-refractivity contribution is 7.92. The molecule has 180 valence electrons. The van der Waals surface area contributed by atoms with Crippen LogP contribution in [0.2, 0.25) is 0 Å². The van der Waals surface area contributed by atoms with Crippen LogP contribution in [0.5, 0.6) is 0 Å². The van der Waals surface area contributed by atoms with Crippen molar-refractivity contribution in [2.24, 2.45) is 0 Å². The maximum absolute atomic E-state index is 13.4. The van der Waals surface area contributed by atoms with E-state index in [4.69, 9.17) is 5.73 Å². The molecule has 0 saturated heterocycles. The van der Waals surface area contributed by atoms with E-state index < -0.39 is 15.6 Å². The fourth-order valence-electron chi connectivity index (χ4n) is 4.26. The van der Waals surface area contributed by atoms with E-state index in [0.29, 0.717) is 30.6 Å². The second-order valence-electron chi connectivity index (χ2n) is 8.41. The van der Waals surface area contributed by atoms with E-state index in [9.17, 15) is 13.2 Å². The first-order valence-corrected chi connectivity index (χ1v) is 13.1. The SMILES string of the molecule is CCC(C(=O)NC(CC)(CC)c1cccc(NS(=O)(=O)c2cccc(N)c2)c1)c1ccccc1. The van der Waals surface area contributed by atoms with Crippen molar-refractivity contribution >= 4 is 27.3 Å². The third kappa shape index (κ3) is 5.59. The van der Waals surface area contributed by atoms with Crippen LogP contribution in [0.15, 0.2) is 83.8 Å². The van der Waals surface area contributed by atoms with Gasteiger partial charge in [-0.1, -0.05) is 69.3 Å². The third-order valence-corrected chi connectivity index (χ3v) is 7.71. The van der Waals surface area contributed by atoms with Gasteiger partial charge < -0.3 is 11.1 Å². The highest BCUT2D eigenvalue weighted by Crippen LogP contribution is 2.33. The van der Waals surface area contributed by atoms with Crippen molar-refractivity contribution in [1.29, 1.82) is 0 Å². The molecule has 4 N–H and O–H groups in total. The predicted octanol–water partition coefficient (Wildman–Crippen LogP) is 5.39. The summed E-state index contributed by atoms with van der Waals surface area (Å²) in [5.41, 5.74) is 7.76. The van der Waals surface area contributed by atoms with Gasteiger partial charge in [0.15, 0.2) is 0 Å². The van der Waals surface area contributed by atoms with Crippen LogP contribution in [-0.2, 0) is 20.4 Å². The molecule has 0 aliphatic heterocycles. The molecule has 1 amide bonds. The topological polar surface area (TPSA) is 101 Å². The van der Waals surface area contributed by atoms with Gasteiger partial charge in [-0.15, -0.1) is 0 Å². The molecule has 0 heterocycles. The van der Waals surface area contributed by atoms with E-state index in [2.05, 4.69) is 10.0 Å². The monoisotopic (exact) mass is 479 g/mol. The minimum Gasteiger partial charge on any atom is -0.399 e. The first-order chi connectivity index (χ1) is 16.2. The van der Waals surface area contributed by atoms with Crippen LogP contribution in [0.1, 0.15) is 57.1 Å². The van der Waals surface area contributed by atoms with Crippen LogP contribution < -0.4 is 15.8 Å². The fraction of sp³-hybridized carbons (Fsp3) is 0.296. The van der Waals surface area contributed by atoms with Gasteiger partial charge in [0, 0.05) is 11.4 Å². The largest absolute Gasteiger partial charge is 0.399 e. The van der Waals surface area contributed by atoms with Gasteiger partial charge in [-0.25, -0.2) is 8.42 Å². The number of nitrogen functional groups attached to an aromatic ring is 1. The number of hydrogen-bond donors (Lipinski definition) is 3. The molecule has 1 atom stereocenters. The number of nitrogens with one attached hydrogen (secondary N) is 2. The lowest BCUT2D eigenvalue weighted by atomic mass is 9.83. The highest BCUT2D eigenvalue weighted by atomic mass is 32.2. The quantitative estimate of drug-likeness (QED) is 0.339. The third-order valence-electron chi connectivity index (χ3n) is 6.33. The molecule has 1 unspecified atom stereocenters. The molecule has 6 nitrogen and oxygen atoms in total. The molecule has 3 rings (SSSR count). The Morgan fingerprint density at radius 3 is 2.21 bits per heavy atom. The van der Waals surface area contributed by atoms with Crippen molar-refractivity contribution in [3.63, 3.8) is 0 Å². The van der Waals surface area contributed by atoms with E-state index in [1.54, 1.807) is 30.3 Å². The normalized spacial score (nSPS) is 12.7. The number of sulfonamides is 1. The Labute approximate surface area is 202 Å². The van der Waals surface area contributed by atoms with Crippen LogP contribution in [0.4, 0.5) is 11.4 Å². The number of carbonyl (C=O) groups is 1. The summed E-state index contributed by atoms with van der Waals surface area (Å²) in [6, 6.07) is 23.1. The Hall–Kier alpha value is -3.32. The number of hydrogen-bond acceptors (Lipinski definition) is 4. The van der Waals surface area contributed by atoms with Gasteiger partial charge in [-0.2, -0.15) is 0 Å². The average molecular weight is 480 g/mol. The van der Waals surface area contributed by atoms with Gasteiger partial charge >= 0.3 is 0 Å². The zero-order chi connectivity index (χ0) is 24.8. The fourth-order valence-corrected chi connectivity index (χ4v) is 5.37. The lowest BCUT2D eigenvalue weighted by Gasteiger charge is -2.35. The molecule has 0 aliphatic carbocycles. The molecule has 34 heavy (non-hydrogen) atoms. The second-order valence-corrected chi connectivity index (χ2v) is 10.1. The molecule has 0 aromatic heterocycles. The van der Waals surface area contributed by atoms with Crippen molar-refractivity contribution in [2.75, 3.05) is 10.5 Å². The molecule has 0 fully saturated rings. The summed E-state index contributed by atoms with van der Waals surface area (Å²) in [5, 5.41) is 3.29. The van der Waals surface area contributed by atoms with Crippen molar-refractivity contribution in [2.45, 2.75) is 56.4 Å². The summed E-state index contributed by atoms with van der Waals surface area (Å²) < 4.78 is 28.4. The van der Waals surface area contributed by atoms with E-state index in [1.807, 2.05) is 57.2 Å². The Kier molecular flexibility index (Phi) is 7.99. The zero-order valence-corrected chi connectivity index (χ0v) is 20.7. The first-order valence-electron chi connectivity index (χ1n) is 11.6. The van der Waals surface area contributed by atoms with Crippen LogP contribution >= 0.6 is 0 Å². The molecule has 0 saturated carbocycles. The molecule has 0 bridgehead atoms. The van der Waals surface area contributed by atoms with Gasteiger partial charge in [0.05, 0.1) is 16.4 Å².